The van der Waals surface area contributed by atoms with Crippen LogP contribution in [0.5, 0.6) is 0 Å². The Hall–Kier alpha value is -2.14. The number of benzene rings is 1. The summed E-state index contributed by atoms with van der Waals surface area (Å²) in [6.07, 6.45) is 6.22. The van der Waals surface area contributed by atoms with Crippen LogP contribution in [0.4, 0.5) is 0 Å². The molecule has 0 bridgehead atoms. The van der Waals surface area contributed by atoms with Crippen LogP contribution in [0.25, 0.3) is 0 Å². The maximum Gasteiger partial charge on any atom is 0.262 e. The van der Waals surface area contributed by atoms with E-state index in [1.807, 2.05) is 53.7 Å². The van der Waals surface area contributed by atoms with Gasteiger partial charge < -0.3 is 10.2 Å². The zero-order valence-electron chi connectivity index (χ0n) is 15.2. The van der Waals surface area contributed by atoms with E-state index in [1.54, 1.807) is 6.07 Å². The summed E-state index contributed by atoms with van der Waals surface area (Å²) in [6, 6.07) is 13.3. The number of hydrogen-bond acceptors (Lipinski definition) is 3. The van der Waals surface area contributed by atoms with Crippen LogP contribution in [-0.2, 0) is 11.2 Å². The van der Waals surface area contributed by atoms with Crippen molar-refractivity contribution in [2.75, 3.05) is 7.05 Å². The number of likely N-dealkylation sites (N-methyl/N-ethyl adjacent to an activating group) is 1. The number of rotatable bonds is 6. The molecule has 1 heterocycles. The molecule has 0 radical (unpaired) electrons. The maximum atomic E-state index is 13.2. The van der Waals surface area contributed by atoms with Gasteiger partial charge in [-0.2, -0.15) is 0 Å². The molecule has 2 amide bonds. The number of nitrogens with zero attached hydrogens (tertiary/aromatic N) is 1. The van der Waals surface area contributed by atoms with E-state index in [4.69, 9.17) is 0 Å². The number of amides is 2. The van der Waals surface area contributed by atoms with Gasteiger partial charge in [0.1, 0.15) is 6.04 Å². The van der Waals surface area contributed by atoms with Crippen molar-refractivity contribution in [3.63, 3.8) is 0 Å². The van der Waals surface area contributed by atoms with E-state index >= 15 is 0 Å². The summed E-state index contributed by atoms with van der Waals surface area (Å²) in [6.45, 7) is 0. The van der Waals surface area contributed by atoms with Crippen molar-refractivity contribution in [2.24, 2.45) is 0 Å². The maximum absolute atomic E-state index is 13.2. The summed E-state index contributed by atoms with van der Waals surface area (Å²) in [5, 5.41) is 4.84. The summed E-state index contributed by atoms with van der Waals surface area (Å²) >= 11 is 1.39. The summed E-state index contributed by atoms with van der Waals surface area (Å²) in [5.74, 6) is -0.169. The average molecular weight is 371 g/mol. The van der Waals surface area contributed by atoms with E-state index in [0.29, 0.717) is 11.3 Å². The number of thiophene rings is 1. The van der Waals surface area contributed by atoms with Gasteiger partial charge in [-0.05, 0) is 29.9 Å². The molecule has 138 valence electrons. The fourth-order valence-electron chi connectivity index (χ4n) is 3.58. The predicted molar refractivity (Wildman–Crippen MR) is 105 cm³/mol. The Morgan fingerprint density at radius 2 is 1.85 bits per heavy atom. The van der Waals surface area contributed by atoms with Gasteiger partial charge in [0.2, 0.25) is 5.91 Å². The van der Waals surface area contributed by atoms with E-state index in [-0.39, 0.29) is 17.9 Å². The first-order valence-electron chi connectivity index (χ1n) is 9.30. The standard InChI is InChI=1S/C21H26N2O2S/c1-23(17-11-6-3-7-12-17)21(25)18(15-16-9-4-2-5-10-16)22-20(24)19-13-8-14-26-19/h2,4-5,8-10,13-14,17-18H,3,6-7,11-12,15H2,1H3,(H,22,24). The lowest BCUT2D eigenvalue weighted by Crippen LogP contribution is -2.51. The third kappa shape index (κ3) is 4.73. The zero-order valence-corrected chi connectivity index (χ0v) is 16.0. The molecule has 0 aliphatic heterocycles. The second-order valence-corrected chi connectivity index (χ2v) is 7.88. The molecule has 0 saturated heterocycles. The highest BCUT2D eigenvalue weighted by molar-refractivity contribution is 7.12. The fourth-order valence-corrected chi connectivity index (χ4v) is 4.21. The molecule has 1 aromatic heterocycles. The third-order valence-corrected chi connectivity index (χ3v) is 5.97. The van der Waals surface area contributed by atoms with Crippen molar-refractivity contribution in [3.05, 3.63) is 58.3 Å². The highest BCUT2D eigenvalue weighted by Crippen LogP contribution is 2.22. The molecule has 26 heavy (non-hydrogen) atoms. The van der Waals surface area contributed by atoms with Gasteiger partial charge in [0.15, 0.2) is 0 Å². The lowest BCUT2D eigenvalue weighted by molar-refractivity contribution is -0.134. The van der Waals surface area contributed by atoms with Gasteiger partial charge in [-0.3, -0.25) is 9.59 Å². The Kier molecular flexibility index (Phi) is 6.45. The summed E-state index contributed by atoms with van der Waals surface area (Å²) in [4.78, 5) is 28.2. The lowest BCUT2D eigenvalue weighted by Gasteiger charge is -2.34. The fraction of sp³-hybridized carbons (Fsp3) is 0.429. The summed E-state index contributed by atoms with van der Waals surface area (Å²) in [7, 11) is 1.88. The van der Waals surface area contributed by atoms with Gasteiger partial charge >= 0.3 is 0 Å². The van der Waals surface area contributed by atoms with Crippen LogP contribution in [0.2, 0.25) is 0 Å². The van der Waals surface area contributed by atoms with Gasteiger partial charge in [-0.1, -0.05) is 55.7 Å². The number of carbonyl (C=O) groups excluding carboxylic acids is 2. The second kappa shape index (κ2) is 8.99. The number of hydrogen-bond donors (Lipinski definition) is 1. The number of nitrogens with one attached hydrogen (secondary N) is 1. The van der Waals surface area contributed by atoms with Crippen LogP contribution < -0.4 is 5.32 Å². The molecule has 1 N–H and O–H groups in total. The first-order chi connectivity index (χ1) is 12.6. The van der Waals surface area contributed by atoms with E-state index in [9.17, 15) is 9.59 Å². The largest absolute Gasteiger partial charge is 0.341 e. The van der Waals surface area contributed by atoms with Gasteiger partial charge in [0, 0.05) is 19.5 Å². The van der Waals surface area contributed by atoms with Crippen molar-refractivity contribution in [1.82, 2.24) is 10.2 Å². The van der Waals surface area contributed by atoms with Crippen molar-refractivity contribution < 1.29 is 9.59 Å². The summed E-state index contributed by atoms with van der Waals surface area (Å²) in [5.41, 5.74) is 1.05. The minimum absolute atomic E-state index is 0.00524. The number of carbonyl (C=O) groups is 2. The molecule has 1 atom stereocenters. The lowest BCUT2D eigenvalue weighted by atomic mass is 9.93. The molecule has 1 saturated carbocycles. The van der Waals surface area contributed by atoms with Crippen molar-refractivity contribution >= 4 is 23.2 Å². The van der Waals surface area contributed by atoms with Crippen LogP contribution >= 0.6 is 11.3 Å². The van der Waals surface area contributed by atoms with E-state index in [2.05, 4.69) is 5.32 Å². The zero-order chi connectivity index (χ0) is 18.4. The summed E-state index contributed by atoms with van der Waals surface area (Å²) < 4.78 is 0. The Balaban J connectivity index is 1.74. The molecule has 1 aromatic carbocycles. The van der Waals surface area contributed by atoms with E-state index < -0.39 is 6.04 Å². The molecule has 1 aliphatic rings. The predicted octanol–water partition coefficient (Wildman–Crippen LogP) is 3.88. The van der Waals surface area contributed by atoms with E-state index in [0.717, 1.165) is 18.4 Å². The van der Waals surface area contributed by atoms with Crippen molar-refractivity contribution in [1.29, 1.82) is 0 Å². The molecule has 1 unspecified atom stereocenters. The molecule has 2 aromatic rings. The smallest absolute Gasteiger partial charge is 0.262 e. The highest BCUT2D eigenvalue weighted by Gasteiger charge is 2.29. The highest BCUT2D eigenvalue weighted by atomic mass is 32.1. The molecule has 5 heteroatoms. The minimum Gasteiger partial charge on any atom is -0.341 e. The first kappa shape index (κ1) is 18.6. The molecule has 0 spiro atoms. The molecular formula is C21H26N2O2S. The normalized spacial score (nSPS) is 16.0. The SMILES string of the molecule is CN(C(=O)C(Cc1ccccc1)NC(=O)c1cccs1)C1CCCCC1. The van der Waals surface area contributed by atoms with Crippen LogP contribution in [0, 0.1) is 0 Å². The second-order valence-electron chi connectivity index (χ2n) is 6.93. The van der Waals surface area contributed by atoms with Crippen molar-refractivity contribution in [2.45, 2.75) is 50.6 Å². The minimum atomic E-state index is -0.543. The van der Waals surface area contributed by atoms with E-state index in [1.165, 1.54) is 30.6 Å². The monoisotopic (exact) mass is 370 g/mol. The van der Waals surface area contributed by atoms with Gasteiger partial charge in [0.25, 0.3) is 5.91 Å². The Morgan fingerprint density at radius 3 is 2.50 bits per heavy atom. The van der Waals surface area contributed by atoms with Crippen LogP contribution in [0.1, 0.15) is 47.3 Å². The van der Waals surface area contributed by atoms with Gasteiger partial charge in [-0.25, -0.2) is 0 Å². The van der Waals surface area contributed by atoms with Crippen molar-refractivity contribution in [3.8, 4) is 0 Å². The molecule has 4 nitrogen and oxygen atoms in total. The topological polar surface area (TPSA) is 49.4 Å². The molecule has 1 aliphatic carbocycles. The first-order valence-corrected chi connectivity index (χ1v) is 10.2. The van der Waals surface area contributed by atoms with Gasteiger partial charge in [0.05, 0.1) is 4.88 Å². The molecule has 1 fully saturated rings. The van der Waals surface area contributed by atoms with Crippen LogP contribution in [0.3, 0.4) is 0 Å². The third-order valence-electron chi connectivity index (χ3n) is 5.10. The quantitative estimate of drug-likeness (QED) is 0.839. The Morgan fingerprint density at radius 1 is 1.12 bits per heavy atom. The average Bonchev–Trinajstić information content (AvgIpc) is 3.23. The molecular weight excluding hydrogens is 344 g/mol. The molecule has 3 rings (SSSR count). The van der Waals surface area contributed by atoms with Gasteiger partial charge in [-0.15, -0.1) is 11.3 Å². The van der Waals surface area contributed by atoms with Crippen LogP contribution in [-0.4, -0.2) is 35.8 Å². The Labute approximate surface area is 159 Å². The van der Waals surface area contributed by atoms with Crippen LogP contribution in [0.15, 0.2) is 47.8 Å². The Bertz CT molecular complexity index is 709.